The van der Waals surface area contributed by atoms with Crippen LogP contribution in [-0.4, -0.2) is 11.9 Å². The molecular weight excluding hydrogens is 152 g/mol. The quantitative estimate of drug-likeness (QED) is 0.533. The van der Waals surface area contributed by atoms with Gasteiger partial charge in [-0.05, 0) is 17.4 Å². The molecule has 0 saturated carbocycles. The van der Waals surface area contributed by atoms with Crippen molar-refractivity contribution in [2.45, 2.75) is 5.66 Å². The number of carbonyl (C=O) groups is 1. The van der Waals surface area contributed by atoms with Gasteiger partial charge in [0.25, 0.3) is 0 Å². The molecule has 3 nitrogen and oxygen atoms in total. The van der Waals surface area contributed by atoms with Crippen LogP contribution in [0.15, 0.2) is 29.3 Å². The topological polar surface area (TPSA) is 55.5 Å². The van der Waals surface area contributed by atoms with Crippen LogP contribution in [0.4, 0.5) is 0 Å². The first-order chi connectivity index (χ1) is 5.73. The zero-order valence-electron chi connectivity index (χ0n) is 6.40. The van der Waals surface area contributed by atoms with Gasteiger partial charge in [0.15, 0.2) is 11.9 Å². The molecule has 2 N–H and O–H groups in total. The van der Waals surface area contributed by atoms with Crippen molar-refractivity contribution < 1.29 is 4.79 Å². The van der Waals surface area contributed by atoms with Gasteiger partial charge in [0.2, 0.25) is 0 Å². The van der Waals surface area contributed by atoms with E-state index in [1.54, 1.807) is 6.08 Å². The number of nitrogens with two attached hydrogens (primary N) is 1. The van der Waals surface area contributed by atoms with E-state index in [2.05, 4.69) is 4.99 Å². The molecular formula is C9H8N2O. The van der Waals surface area contributed by atoms with Crippen LogP contribution >= 0.6 is 0 Å². The Kier molecular flexibility index (Phi) is 1.35. The van der Waals surface area contributed by atoms with Crippen molar-refractivity contribution in [1.29, 1.82) is 0 Å². The average Bonchev–Trinajstić information content (AvgIpc) is 2.42. The molecule has 1 aromatic carbocycles. The SMILES string of the molecule is NC1(C=O)C=c2ccccc2=N1. The maximum absolute atomic E-state index is 10.5. The van der Waals surface area contributed by atoms with Crippen LogP contribution in [0.1, 0.15) is 0 Å². The lowest BCUT2D eigenvalue weighted by Crippen LogP contribution is -2.35. The lowest BCUT2D eigenvalue weighted by Gasteiger charge is -2.06. The lowest BCUT2D eigenvalue weighted by atomic mass is 10.2. The van der Waals surface area contributed by atoms with Gasteiger partial charge in [0.1, 0.15) is 0 Å². The Morgan fingerprint density at radius 1 is 1.42 bits per heavy atom. The zero-order valence-corrected chi connectivity index (χ0v) is 6.40. The fraction of sp³-hybridized carbons (Fsp3) is 0.111. The molecule has 0 fully saturated rings. The molecule has 12 heavy (non-hydrogen) atoms. The zero-order chi connectivity index (χ0) is 8.60. The Balaban J connectivity index is 2.75. The Morgan fingerprint density at radius 2 is 2.17 bits per heavy atom. The van der Waals surface area contributed by atoms with Gasteiger partial charge in [0.05, 0.1) is 5.36 Å². The molecule has 60 valence electrons. The van der Waals surface area contributed by atoms with Crippen LogP contribution in [0.2, 0.25) is 0 Å². The first-order valence-corrected chi connectivity index (χ1v) is 3.66. The predicted octanol–water partition coefficient (Wildman–Crippen LogP) is -1.05. The van der Waals surface area contributed by atoms with E-state index in [1.807, 2.05) is 24.3 Å². The molecule has 1 heterocycles. The summed E-state index contributed by atoms with van der Waals surface area (Å²) < 4.78 is 0. The molecule has 0 spiro atoms. The van der Waals surface area contributed by atoms with Crippen LogP contribution in [-0.2, 0) is 4.79 Å². The van der Waals surface area contributed by atoms with Gasteiger partial charge in [-0.3, -0.25) is 15.5 Å². The summed E-state index contributed by atoms with van der Waals surface area (Å²) in [6.45, 7) is 0. The molecule has 0 bridgehead atoms. The third kappa shape index (κ3) is 0.950. The molecule has 1 unspecified atom stereocenters. The van der Waals surface area contributed by atoms with Crippen LogP contribution < -0.4 is 16.3 Å². The fourth-order valence-electron chi connectivity index (χ4n) is 1.26. The van der Waals surface area contributed by atoms with Gasteiger partial charge < -0.3 is 0 Å². The van der Waals surface area contributed by atoms with E-state index < -0.39 is 5.66 Å². The average molecular weight is 160 g/mol. The summed E-state index contributed by atoms with van der Waals surface area (Å²) in [5.41, 5.74) is 4.48. The summed E-state index contributed by atoms with van der Waals surface area (Å²) in [5.74, 6) is 0. The molecule has 1 aromatic rings. The second-order valence-corrected chi connectivity index (χ2v) is 2.82. The second kappa shape index (κ2) is 2.25. The number of fused-ring (bicyclic) bond motifs is 1. The normalized spacial score (nSPS) is 25.4. The highest BCUT2D eigenvalue weighted by atomic mass is 16.1. The molecule has 0 saturated heterocycles. The summed E-state index contributed by atoms with van der Waals surface area (Å²) in [4.78, 5) is 14.6. The molecule has 3 heteroatoms. The van der Waals surface area contributed by atoms with Crippen molar-refractivity contribution >= 4 is 12.4 Å². The van der Waals surface area contributed by atoms with Gasteiger partial charge in [-0.2, -0.15) is 0 Å². The van der Waals surface area contributed by atoms with Crippen LogP contribution in [0.5, 0.6) is 0 Å². The molecule has 1 aliphatic rings. The number of hydrogen-bond donors (Lipinski definition) is 1. The van der Waals surface area contributed by atoms with Gasteiger partial charge in [-0.25, -0.2) is 0 Å². The highest BCUT2D eigenvalue weighted by Crippen LogP contribution is 2.01. The highest BCUT2D eigenvalue weighted by Gasteiger charge is 2.22. The van der Waals surface area contributed by atoms with Crippen molar-refractivity contribution in [1.82, 2.24) is 0 Å². The maximum atomic E-state index is 10.5. The van der Waals surface area contributed by atoms with E-state index >= 15 is 0 Å². The van der Waals surface area contributed by atoms with Crippen molar-refractivity contribution in [3.63, 3.8) is 0 Å². The molecule has 0 radical (unpaired) electrons. The van der Waals surface area contributed by atoms with Crippen molar-refractivity contribution in [2.24, 2.45) is 10.7 Å². The molecule has 2 rings (SSSR count). The maximum Gasteiger partial charge on any atom is 0.184 e. The minimum absolute atomic E-state index is 0.646. The summed E-state index contributed by atoms with van der Waals surface area (Å²) >= 11 is 0. The summed E-state index contributed by atoms with van der Waals surface area (Å²) in [6.07, 6.45) is 2.31. The van der Waals surface area contributed by atoms with E-state index in [-0.39, 0.29) is 0 Å². The van der Waals surface area contributed by atoms with Crippen LogP contribution in [0, 0.1) is 0 Å². The molecule has 0 amide bonds. The third-order valence-electron chi connectivity index (χ3n) is 1.83. The van der Waals surface area contributed by atoms with E-state index in [4.69, 9.17) is 5.73 Å². The second-order valence-electron chi connectivity index (χ2n) is 2.82. The first kappa shape index (κ1) is 7.18. The minimum Gasteiger partial charge on any atom is -0.299 e. The summed E-state index contributed by atoms with van der Waals surface area (Å²) in [5, 5.41) is 1.71. The number of aldehydes is 1. The lowest BCUT2D eigenvalue weighted by molar-refractivity contribution is -0.110. The van der Waals surface area contributed by atoms with E-state index in [9.17, 15) is 4.79 Å². The van der Waals surface area contributed by atoms with Crippen molar-refractivity contribution in [3.05, 3.63) is 34.8 Å². The van der Waals surface area contributed by atoms with Crippen LogP contribution in [0.3, 0.4) is 0 Å². The number of nitrogens with zero attached hydrogens (tertiary/aromatic N) is 1. The smallest absolute Gasteiger partial charge is 0.184 e. The largest absolute Gasteiger partial charge is 0.299 e. The Hall–Kier alpha value is -1.48. The predicted molar refractivity (Wildman–Crippen MR) is 44.7 cm³/mol. The van der Waals surface area contributed by atoms with E-state index in [0.29, 0.717) is 6.29 Å². The number of carbonyl (C=O) groups excluding carboxylic acids is 1. The van der Waals surface area contributed by atoms with Crippen molar-refractivity contribution in [3.8, 4) is 0 Å². The standard InChI is InChI=1S/C9H8N2O/c10-9(6-12)5-7-3-1-2-4-8(7)11-9/h1-6H,10H2. The van der Waals surface area contributed by atoms with Crippen LogP contribution in [0.25, 0.3) is 6.08 Å². The minimum atomic E-state index is -1.14. The monoisotopic (exact) mass is 160 g/mol. The van der Waals surface area contributed by atoms with Gasteiger partial charge in [0, 0.05) is 0 Å². The Morgan fingerprint density at radius 3 is 2.83 bits per heavy atom. The molecule has 0 aromatic heterocycles. The first-order valence-electron chi connectivity index (χ1n) is 3.66. The number of benzene rings is 1. The van der Waals surface area contributed by atoms with Gasteiger partial charge in [-0.1, -0.05) is 18.2 Å². The van der Waals surface area contributed by atoms with Gasteiger partial charge in [-0.15, -0.1) is 0 Å². The number of rotatable bonds is 1. The third-order valence-corrected chi connectivity index (χ3v) is 1.83. The molecule has 0 aliphatic carbocycles. The Labute approximate surface area is 69.2 Å². The molecule has 1 atom stereocenters. The highest BCUT2D eigenvalue weighted by molar-refractivity contribution is 5.75. The number of para-hydroxylation sites is 1. The fourth-order valence-corrected chi connectivity index (χ4v) is 1.26. The Bertz CT molecular complexity index is 401. The van der Waals surface area contributed by atoms with E-state index in [1.165, 1.54) is 0 Å². The summed E-state index contributed by atoms with van der Waals surface area (Å²) in [6, 6.07) is 7.48. The number of hydrogen-bond acceptors (Lipinski definition) is 3. The summed E-state index contributed by atoms with van der Waals surface area (Å²) in [7, 11) is 0. The molecule has 1 aliphatic heterocycles. The van der Waals surface area contributed by atoms with E-state index in [0.717, 1.165) is 10.6 Å². The van der Waals surface area contributed by atoms with Gasteiger partial charge >= 0.3 is 0 Å². The van der Waals surface area contributed by atoms with Crippen molar-refractivity contribution in [2.75, 3.05) is 0 Å².